The molecule has 1 saturated heterocycles. The van der Waals surface area contributed by atoms with Gasteiger partial charge >= 0.3 is 12.0 Å². The van der Waals surface area contributed by atoms with Gasteiger partial charge < -0.3 is 20.2 Å². The van der Waals surface area contributed by atoms with E-state index < -0.39 is 12.0 Å². The lowest BCUT2D eigenvalue weighted by atomic mass is 10.2. The van der Waals surface area contributed by atoms with E-state index in [1.807, 2.05) is 13.3 Å². The summed E-state index contributed by atoms with van der Waals surface area (Å²) in [7, 11) is 2.03. The molecular formula is C12H23N3O3S. The topological polar surface area (TPSA) is 72.9 Å². The van der Waals surface area contributed by atoms with Crippen LogP contribution in [0.15, 0.2) is 0 Å². The second kappa shape index (κ2) is 7.59. The van der Waals surface area contributed by atoms with Gasteiger partial charge in [0.25, 0.3) is 0 Å². The van der Waals surface area contributed by atoms with Gasteiger partial charge in [0.15, 0.2) is 0 Å². The molecule has 6 nitrogen and oxygen atoms in total. The number of nitrogens with one attached hydrogen (secondary N) is 1. The maximum absolute atomic E-state index is 12.1. The molecule has 0 aromatic rings. The predicted molar refractivity (Wildman–Crippen MR) is 76.6 cm³/mol. The molecule has 0 saturated carbocycles. The maximum Gasteiger partial charge on any atom is 0.326 e. The number of hydrogen-bond donors (Lipinski definition) is 2. The van der Waals surface area contributed by atoms with Crippen LogP contribution in [0.3, 0.4) is 0 Å². The van der Waals surface area contributed by atoms with Crippen molar-refractivity contribution in [3.8, 4) is 0 Å². The van der Waals surface area contributed by atoms with Crippen molar-refractivity contribution in [1.29, 1.82) is 0 Å². The first-order chi connectivity index (χ1) is 8.95. The summed E-state index contributed by atoms with van der Waals surface area (Å²) in [6, 6.07) is -0.766. The highest BCUT2D eigenvalue weighted by atomic mass is 32.2. The number of thioether (sulfide) groups is 1. The van der Waals surface area contributed by atoms with Gasteiger partial charge in [0, 0.05) is 25.7 Å². The van der Waals surface area contributed by atoms with Crippen LogP contribution in [0.4, 0.5) is 4.79 Å². The molecule has 0 aromatic carbocycles. The summed E-state index contributed by atoms with van der Waals surface area (Å²) in [5, 5.41) is 11.7. The first kappa shape index (κ1) is 16.1. The molecule has 19 heavy (non-hydrogen) atoms. The number of carboxylic acids is 1. The highest BCUT2D eigenvalue weighted by Crippen LogP contribution is 2.08. The van der Waals surface area contributed by atoms with Crippen LogP contribution in [0.2, 0.25) is 0 Å². The minimum Gasteiger partial charge on any atom is -0.480 e. The number of carbonyl (C=O) groups excluding carboxylic acids is 1. The summed E-state index contributed by atoms with van der Waals surface area (Å²) in [6.07, 6.45) is 2.37. The van der Waals surface area contributed by atoms with Gasteiger partial charge in [-0.3, -0.25) is 0 Å². The molecule has 2 N–H and O–H groups in total. The number of hydrogen-bond acceptors (Lipinski definition) is 4. The molecule has 110 valence electrons. The van der Waals surface area contributed by atoms with Gasteiger partial charge in [-0.1, -0.05) is 0 Å². The minimum absolute atomic E-state index is 0.270. The van der Waals surface area contributed by atoms with Crippen LogP contribution in [0.1, 0.15) is 13.3 Å². The van der Waals surface area contributed by atoms with Crippen molar-refractivity contribution in [1.82, 2.24) is 15.1 Å². The molecule has 1 aliphatic heterocycles. The van der Waals surface area contributed by atoms with Gasteiger partial charge in [-0.15, -0.1) is 0 Å². The molecule has 2 atom stereocenters. The zero-order chi connectivity index (χ0) is 14.4. The van der Waals surface area contributed by atoms with Gasteiger partial charge in [-0.2, -0.15) is 11.8 Å². The van der Waals surface area contributed by atoms with Gasteiger partial charge in [-0.05, 0) is 32.4 Å². The number of carbonyl (C=O) groups is 2. The molecule has 1 aliphatic rings. The molecular weight excluding hydrogens is 266 g/mol. The highest BCUT2D eigenvalue weighted by Gasteiger charge is 2.27. The van der Waals surface area contributed by atoms with Crippen molar-refractivity contribution in [3.05, 3.63) is 0 Å². The average Bonchev–Trinajstić information content (AvgIpc) is 2.37. The fourth-order valence-corrected chi connectivity index (χ4v) is 2.44. The number of aliphatic carboxylic acids is 1. The molecule has 0 radical (unpaired) electrons. The lowest BCUT2D eigenvalue weighted by molar-refractivity contribution is -0.139. The van der Waals surface area contributed by atoms with Crippen molar-refractivity contribution in [2.45, 2.75) is 25.4 Å². The Morgan fingerprint density at radius 3 is 2.68 bits per heavy atom. The van der Waals surface area contributed by atoms with E-state index in [1.165, 1.54) is 0 Å². The van der Waals surface area contributed by atoms with Crippen LogP contribution < -0.4 is 5.32 Å². The Morgan fingerprint density at radius 2 is 2.16 bits per heavy atom. The smallest absolute Gasteiger partial charge is 0.326 e. The average molecular weight is 289 g/mol. The quantitative estimate of drug-likeness (QED) is 0.773. The largest absolute Gasteiger partial charge is 0.480 e. The summed E-state index contributed by atoms with van der Waals surface area (Å²) in [5.41, 5.74) is 0. The molecule has 0 spiro atoms. The molecule has 0 aliphatic carbocycles. The van der Waals surface area contributed by atoms with Crippen molar-refractivity contribution in [3.63, 3.8) is 0 Å². The summed E-state index contributed by atoms with van der Waals surface area (Å²) in [6.45, 7) is 4.15. The van der Waals surface area contributed by atoms with Crippen LogP contribution in [0.5, 0.6) is 0 Å². The van der Waals surface area contributed by atoms with E-state index in [0.717, 1.165) is 12.3 Å². The van der Waals surface area contributed by atoms with Crippen molar-refractivity contribution in [2.24, 2.45) is 0 Å². The molecule has 1 fully saturated rings. The Labute approximate surface area is 118 Å². The van der Waals surface area contributed by atoms with Crippen LogP contribution in [-0.2, 0) is 4.79 Å². The lowest BCUT2D eigenvalue weighted by Gasteiger charge is -2.38. The maximum atomic E-state index is 12.1. The van der Waals surface area contributed by atoms with E-state index in [1.54, 1.807) is 16.7 Å². The first-order valence-electron chi connectivity index (χ1n) is 6.43. The van der Waals surface area contributed by atoms with Crippen LogP contribution in [0.25, 0.3) is 0 Å². The van der Waals surface area contributed by atoms with Crippen molar-refractivity contribution in [2.75, 3.05) is 38.7 Å². The SMILES string of the molecule is CSCC[C@@H](NC(=O)N1CCN(C)C(C)C1)C(=O)O. The standard InChI is InChI=1S/C12H23N3O3S/c1-9-8-15(6-5-14(9)2)12(18)13-10(11(16)17)4-7-19-3/h9-10H,4-8H2,1-3H3,(H,13,18)(H,16,17)/t9?,10-/m1/s1. The molecule has 0 aromatic heterocycles. The Kier molecular flexibility index (Phi) is 6.44. The van der Waals surface area contributed by atoms with E-state index >= 15 is 0 Å². The second-order valence-electron chi connectivity index (χ2n) is 4.90. The minimum atomic E-state index is -0.968. The molecule has 2 amide bonds. The molecule has 7 heteroatoms. The summed E-state index contributed by atoms with van der Waals surface area (Å²) in [5.74, 6) is -0.249. The van der Waals surface area contributed by atoms with E-state index in [9.17, 15) is 9.59 Å². The van der Waals surface area contributed by atoms with E-state index in [-0.39, 0.29) is 6.03 Å². The fraction of sp³-hybridized carbons (Fsp3) is 0.833. The third-order valence-corrected chi connectivity index (χ3v) is 4.10. The number of nitrogens with zero attached hydrogens (tertiary/aromatic N) is 2. The third kappa shape index (κ3) is 4.91. The van der Waals surface area contributed by atoms with Gasteiger partial charge in [-0.25, -0.2) is 9.59 Å². The summed E-state index contributed by atoms with van der Waals surface area (Å²) in [4.78, 5) is 27.0. The molecule has 0 bridgehead atoms. The molecule has 1 heterocycles. The first-order valence-corrected chi connectivity index (χ1v) is 7.82. The van der Waals surface area contributed by atoms with E-state index in [0.29, 0.717) is 25.6 Å². The number of carboxylic acid groups (broad SMARTS) is 1. The fourth-order valence-electron chi connectivity index (χ4n) is 1.97. The summed E-state index contributed by atoms with van der Waals surface area (Å²) < 4.78 is 0. The number of rotatable bonds is 5. The normalized spacial score (nSPS) is 22.1. The predicted octanol–water partition coefficient (Wildman–Crippen LogP) is 0.538. The van der Waals surface area contributed by atoms with Crippen molar-refractivity contribution < 1.29 is 14.7 Å². The monoisotopic (exact) mass is 289 g/mol. The third-order valence-electron chi connectivity index (χ3n) is 3.45. The van der Waals surface area contributed by atoms with Crippen molar-refractivity contribution >= 4 is 23.8 Å². The van der Waals surface area contributed by atoms with E-state index in [2.05, 4.69) is 17.1 Å². The van der Waals surface area contributed by atoms with Gasteiger partial charge in [0.1, 0.15) is 6.04 Å². The van der Waals surface area contributed by atoms with Crippen LogP contribution in [-0.4, -0.2) is 77.7 Å². The highest BCUT2D eigenvalue weighted by molar-refractivity contribution is 7.98. The van der Waals surface area contributed by atoms with Crippen LogP contribution >= 0.6 is 11.8 Å². The Hall–Kier alpha value is -0.950. The Balaban J connectivity index is 2.50. The molecule has 1 rings (SSSR count). The van der Waals surface area contributed by atoms with Crippen LogP contribution in [0, 0.1) is 0 Å². The Morgan fingerprint density at radius 1 is 1.47 bits per heavy atom. The number of likely N-dealkylation sites (N-methyl/N-ethyl adjacent to an activating group) is 1. The van der Waals surface area contributed by atoms with E-state index in [4.69, 9.17) is 5.11 Å². The number of urea groups is 1. The number of amides is 2. The Bertz CT molecular complexity index is 327. The zero-order valence-corrected chi connectivity index (χ0v) is 12.6. The lowest BCUT2D eigenvalue weighted by Crippen LogP contribution is -2.56. The second-order valence-corrected chi connectivity index (χ2v) is 5.88. The van der Waals surface area contributed by atoms with Gasteiger partial charge in [0.05, 0.1) is 0 Å². The number of piperazine rings is 1. The zero-order valence-electron chi connectivity index (χ0n) is 11.8. The molecule has 1 unspecified atom stereocenters. The van der Waals surface area contributed by atoms with Gasteiger partial charge in [0.2, 0.25) is 0 Å². The summed E-state index contributed by atoms with van der Waals surface area (Å²) >= 11 is 1.58.